The first-order valence-electron chi connectivity index (χ1n) is 9.61. The van der Waals surface area contributed by atoms with Gasteiger partial charge < -0.3 is 4.74 Å². The van der Waals surface area contributed by atoms with Crippen LogP contribution in [0.4, 0.5) is 0 Å². The highest BCUT2D eigenvalue weighted by atomic mass is 32.1. The molecule has 0 saturated heterocycles. The number of thiazole rings is 1. The van der Waals surface area contributed by atoms with E-state index in [1.54, 1.807) is 0 Å². The molecule has 0 aliphatic heterocycles. The smallest absolute Gasteiger partial charge is 0.291 e. The van der Waals surface area contributed by atoms with Crippen molar-refractivity contribution in [3.63, 3.8) is 0 Å². The van der Waals surface area contributed by atoms with Crippen LogP contribution in [0.3, 0.4) is 0 Å². The van der Waals surface area contributed by atoms with E-state index in [2.05, 4.69) is 43.0 Å². The van der Waals surface area contributed by atoms with E-state index in [0.717, 1.165) is 16.9 Å². The number of ether oxygens (including phenoxy) is 1. The zero-order valence-electron chi connectivity index (χ0n) is 17.0. The SMILES string of the molecule is CCOc1ccccc1C=c1sc2nc(-c3ccc(C(C)(C)C)cc3)nn2c1=O. The molecular weight excluding hydrogens is 382 g/mol. The van der Waals surface area contributed by atoms with Crippen LogP contribution in [-0.2, 0) is 5.41 Å². The fraction of sp³-hybridized carbons (Fsp3) is 0.261. The number of aromatic nitrogens is 3. The molecule has 0 fully saturated rings. The molecule has 2 aromatic heterocycles. The summed E-state index contributed by atoms with van der Waals surface area (Å²) in [6.45, 7) is 9.05. The summed E-state index contributed by atoms with van der Waals surface area (Å²) in [5.41, 5.74) is 2.94. The summed E-state index contributed by atoms with van der Waals surface area (Å²) in [6.07, 6.45) is 1.84. The molecule has 4 aromatic rings. The van der Waals surface area contributed by atoms with Gasteiger partial charge in [-0.05, 0) is 30.0 Å². The van der Waals surface area contributed by atoms with Crippen molar-refractivity contribution >= 4 is 22.4 Å². The summed E-state index contributed by atoms with van der Waals surface area (Å²) in [4.78, 5) is 18.0. The fourth-order valence-corrected chi connectivity index (χ4v) is 4.00. The highest BCUT2D eigenvalue weighted by Gasteiger charge is 2.15. The van der Waals surface area contributed by atoms with Gasteiger partial charge in [-0.3, -0.25) is 4.79 Å². The van der Waals surface area contributed by atoms with Crippen LogP contribution in [-0.4, -0.2) is 21.2 Å². The van der Waals surface area contributed by atoms with Crippen LogP contribution in [0.1, 0.15) is 38.8 Å². The lowest BCUT2D eigenvalue weighted by molar-refractivity contribution is 0.339. The summed E-state index contributed by atoms with van der Waals surface area (Å²) in [7, 11) is 0. The highest BCUT2D eigenvalue weighted by Crippen LogP contribution is 2.25. The molecule has 0 aliphatic carbocycles. The van der Waals surface area contributed by atoms with Crippen molar-refractivity contribution in [3.05, 3.63) is 74.5 Å². The first-order valence-corrected chi connectivity index (χ1v) is 10.4. The van der Waals surface area contributed by atoms with Crippen LogP contribution in [0.2, 0.25) is 0 Å². The number of benzene rings is 2. The van der Waals surface area contributed by atoms with E-state index in [9.17, 15) is 4.79 Å². The Morgan fingerprint density at radius 1 is 1.10 bits per heavy atom. The third-order valence-corrected chi connectivity index (χ3v) is 5.66. The molecule has 6 heteroatoms. The van der Waals surface area contributed by atoms with Gasteiger partial charge in [-0.1, -0.05) is 74.6 Å². The van der Waals surface area contributed by atoms with Crippen molar-refractivity contribution in [2.45, 2.75) is 33.1 Å². The Morgan fingerprint density at radius 2 is 1.83 bits per heavy atom. The number of hydrogen-bond acceptors (Lipinski definition) is 5. The van der Waals surface area contributed by atoms with E-state index in [1.165, 1.54) is 21.4 Å². The summed E-state index contributed by atoms with van der Waals surface area (Å²) in [5, 5.41) is 4.45. The maximum Gasteiger partial charge on any atom is 0.291 e. The average Bonchev–Trinajstić information content (AvgIpc) is 3.23. The van der Waals surface area contributed by atoms with Gasteiger partial charge in [-0.15, -0.1) is 5.10 Å². The molecule has 0 saturated carbocycles. The first kappa shape index (κ1) is 19.3. The van der Waals surface area contributed by atoms with Crippen molar-refractivity contribution in [1.29, 1.82) is 0 Å². The Bertz CT molecular complexity index is 1260. The predicted molar refractivity (Wildman–Crippen MR) is 118 cm³/mol. The number of nitrogens with zero attached hydrogens (tertiary/aromatic N) is 3. The van der Waals surface area contributed by atoms with Gasteiger partial charge in [0, 0.05) is 11.1 Å². The molecule has 0 aliphatic rings. The Balaban J connectivity index is 1.73. The van der Waals surface area contributed by atoms with Crippen molar-refractivity contribution in [3.8, 4) is 17.1 Å². The lowest BCUT2D eigenvalue weighted by Crippen LogP contribution is -2.23. The first-order chi connectivity index (χ1) is 13.9. The number of fused-ring (bicyclic) bond motifs is 1. The fourth-order valence-electron chi connectivity index (χ4n) is 3.10. The van der Waals surface area contributed by atoms with Crippen molar-refractivity contribution in [2.75, 3.05) is 6.61 Å². The molecule has 0 spiro atoms. The number of hydrogen-bond donors (Lipinski definition) is 0. The molecule has 0 unspecified atom stereocenters. The molecule has 0 N–H and O–H groups in total. The quantitative estimate of drug-likeness (QED) is 0.514. The molecule has 0 amide bonds. The largest absolute Gasteiger partial charge is 0.493 e. The van der Waals surface area contributed by atoms with Crippen LogP contribution in [0.5, 0.6) is 5.75 Å². The van der Waals surface area contributed by atoms with E-state index >= 15 is 0 Å². The Morgan fingerprint density at radius 3 is 2.48 bits per heavy atom. The van der Waals surface area contributed by atoms with Gasteiger partial charge in [-0.25, -0.2) is 0 Å². The van der Waals surface area contributed by atoms with Gasteiger partial charge in [0.1, 0.15) is 5.75 Å². The van der Waals surface area contributed by atoms with E-state index in [0.29, 0.717) is 21.9 Å². The van der Waals surface area contributed by atoms with Crippen LogP contribution < -0.4 is 14.8 Å². The van der Waals surface area contributed by atoms with Gasteiger partial charge in [0.05, 0.1) is 11.1 Å². The highest BCUT2D eigenvalue weighted by molar-refractivity contribution is 7.15. The van der Waals surface area contributed by atoms with Crippen LogP contribution in [0.25, 0.3) is 22.4 Å². The molecule has 4 rings (SSSR count). The van der Waals surface area contributed by atoms with E-state index in [1.807, 2.05) is 49.4 Å². The van der Waals surface area contributed by atoms with E-state index in [-0.39, 0.29) is 11.0 Å². The monoisotopic (exact) mass is 405 g/mol. The molecule has 2 heterocycles. The average molecular weight is 406 g/mol. The van der Waals surface area contributed by atoms with Gasteiger partial charge in [0.25, 0.3) is 5.56 Å². The summed E-state index contributed by atoms with van der Waals surface area (Å²) in [6, 6.07) is 15.9. The standard InChI is InChI=1S/C23H23N3O2S/c1-5-28-18-9-7-6-8-16(18)14-19-21(27)26-22(29-19)24-20(25-26)15-10-12-17(13-11-15)23(2,3)4/h6-14H,5H2,1-4H3. The van der Waals surface area contributed by atoms with E-state index in [4.69, 9.17) is 4.74 Å². The third kappa shape index (κ3) is 3.80. The van der Waals surface area contributed by atoms with E-state index < -0.39 is 0 Å². The van der Waals surface area contributed by atoms with Gasteiger partial charge in [-0.2, -0.15) is 9.50 Å². The lowest BCUT2D eigenvalue weighted by atomic mass is 9.87. The zero-order chi connectivity index (χ0) is 20.6. The van der Waals surface area contributed by atoms with Gasteiger partial charge >= 0.3 is 0 Å². The zero-order valence-corrected chi connectivity index (χ0v) is 17.8. The topological polar surface area (TPSA) is 56.5 Å². The Labute approximate surface area is 173 Å². The van der Waals surface area contributed by atoms with Gasteiger partial charge in [0.15, 0.2) is 5.82 Å². The minimum absolute atomic E-state index is 0.0885. The molecule has 0 atom stereocenters. The lowest BCUT2D eigenvalue weighted by Gasteiger charge is -2.18. The maximum atomic E-state index is 12.8. The molecule has 148 valence electrons. The molecule has 2 aromatic carbocycles. The van der Waals surface area contributed by atoms with Crippen molar-refractivity contribution in [2.24, 2.45) is 0 Å². The van der Waals surface area contributed by atoms with Crippen molar-refractivity contribution in [1.82, 2.24) is 14.6 Å². The second-order valence-corrected chi connectivity index (χ2v) is 8.85. The molecule has 0 bridgehead atoms. The minimum Gasteiger partial charge on any atom is -0.493 e. The van der Waals surface area contributed by atoms with Crippen LogP contribution in [0.15, 0.2) is 53.3 Å². The molecule has 0 radical (unpaired) electrons. The third-order valence-electron chi connectivity index (χ3n) is 4.70. The number of para-hydroxylation sites is 1. The molecular formula is C23H23N3O2S. The van der Waals surface area contributed by atoms with Crippen molar-refractivity contribution < 1.29 is 4.74 Å². The summed E-state index contributed by atoms with van der Waals surface area (Å²) >= 11 is 1.33. The Hall–Kier alpha value is -2.99. The van der Waals surface area contributed by atoms with Crippen LogP contribution >= 0.6 is 11.3 Å². The number of rotatable bonds is 4. The van der Waals surface area contributed by atoms with Gasteiger partial charge in [0.2, 0.25) is 4.96 Å². The summed E-state index contributed by atoms with van der Waals surface area (Å²) < 4.78 is 7.62. The second kappa shape index (κ2) is 7.44. The molecule has 5 nitrogen and oxygen atoms in total. The Kier molecular flexibility index (Phi) is 4.96. The molecule has 29 heavy (non-hydrogen) atoms. The predicted octanol–water partition coefficient (Wildman–Crippen LogP) is 4.06. The normalized spacial score (nSPS) is 12.6. The van der Waals surface area contributed by atoms with Crippen LogP contribution in [0, 0.1) is 0 Å². The minimum atomic E-state index is -0.165. The second-order valence-electron chi connectivity index (χ2n) is 7.84. The maximum absolute atomic E-state index is 12.8. The summed E-state index contributed by atoms with van der Waals surface area (Å²) in [5.74, 6) is 1.32.